The standard InChI is InChI=1S/C10H8ClN3O2S/c1-13(7-5-3-2-4-6-7)10-12-8(11)9(17-10)14(15)16/h2-6H,1H3. The van der Waals surface area contributed by atoms with Gasteiger partial charge in [0.2, 0.25) is 5.15 Å². The Kier molecular flexibility index (Phi) is 3.26. The number of nitrogens with zero attached hydrogens (tertiary/aromatic N) is 3. The van der Waals surface area contributed by atoms with E-state index in [1.54, 1.807) is 11.9 Å². The maximum Gasteiger partial charge on any atom is 0.364 e. The van der Waals surface area contributed by atoms with Gasteiger partial charge in [-0.05, 0) is 23.5 Å². The highest BCUT2D eigenvalue weighted by Gasteiger charge is 2.21. The highest BCUT2D eigenvalue weighted by molar-refractivity contribution is 7.19. The molecule has 0 aliphatic heterocycles. The smallest absolute Gasteiger partial charge is 0.321 e. The summed E-state index contributed by atoms with van der Waals surface area (Å²) in [6.07, 6.45) is 0. The van der Waals surface area contributed by atoms with E-state index >= 15 is 0 Å². The monoisotopic (exact) mass is 269 g/mol. The molecule has 0 spiro atoms. The van der Waals surface area contributed by atoms with Crippen LogP contribution >= 0.6 is 22.9 Å². The molecule has 0 bridgehead atoms. The van der Waals surface area contributed by atoms with Gasteiger partial charge in [0.1, 0.15) is 0 Å². The Morgan fingerprint density at radius 3 is 2.59 bits per heavy atom. The number of rotatable bonds is 3. The van der Waals surface area contributed by atoms with Gasteiger partial charge in [0.25, 0.3) is 0 Å². The fourth-order valence-corrected chi connectivity index (χ4v) is 2.37. The molecule has 0 fully saturated rings. The molecule has 17 heavy (non-hydrogen) atoms. The Morgan fingerprint density at radius 2 is 2.06 bits per heavy atom. The molecule has 5 nitrogen and oxygen atoms in total. The molecule has 0 aliphatic carbocycles. The minimum Gasteiger partial charge on any atom is -0.321 e. The Hall–Kier alpha value is -1.66. The summed E-state index contributed by atoms with van der Waals surface area (Å²) in [5, 5.41) is 11.0. The van der Waals surface area contributed by atoms with Crippen LogP contribution in [0.5, 0.6) is 0 Å². The third-order valence-electron chi connectivity index (χ3n) is 2.15. The van der Waals surface area contributed by atoms with Crippen LogP contribution in [0.15, 0.2) is 30.3 Å². The van der Waals surface area contributed by atoms with Crippen LogP contribution in [-0.4, -0.2) is 17.0 Å². The summed E-state index contributed by atoms with van der Waals surface area (Å²) in [4.78, 5) is 15.9. The normalized spacial score (nSPS) is 10.2. The van der Waals surface area contributed by atoms with Crippen LogP contribution in [0.2, 0.25) is 5.15 Å². The first-order valence-electron chi connectivity index (χ1n) is 4.69. The van der Waals surface area contributed by atoms with Gasteiger partial charge in [0.15, 0.2) is 5.13 Å². The molecule has 0 saturated carbocycles. The van der Waals surface area contributed by atoms with Gasteiger partial charge in [0.05, 0.1) is 4.92 Å². The first kappa shape index (κ1) is 11.8. The number of benzene rings is 1. The van der Waals surface area contributed by atoms with Crippen molar-refractivity contribution < 1.29 is 4.92 Å². The summed E-state index contributed by atoms with van der Waals surface area (Å²) in [6, 6.07) is 9.45. The van der Waals surface area contributed by atoms with Gasteiger partial charge in [-0.15, -0.1) is 0 Å². The van der Waals surface area contributed by atoms with Crippen molar-refractivity contribution in [3.63, 3.8) is 0 Å². The maximum atomic E-state index is 10.7. The summed E-state index contributed by atoms with van der Waals surface area (Å²) in [5.74, 6) is 0. The molecule has 0 atom stereocenters. The molecule has 0 unspecified atom stereocenters. The van der Waals surface area contributed by atoms with Crippen molar-refractivity contribution in [2.24, 2.45) is 0 Å². The Balaban J connectivity index is 2.35. The molecule has 0 amide bonds. The van der Waals surface area contributed by atoms with Gasteiger partial charge in [-0.3, -0.25) is 10.1 Å². The van der Waals surface area contributed by atoms with Crippen molar-refractivity contribution in [1.82, 2.24) is 4.98 Å². The highest BCUT2D eigenvalue weighted by Crippen LogP contribution is 2.37. The minimum atomic E-state index is -0.525. The van der Waals surface area contributed by atoms with E-state index in [9.17, 15) is 10.1 Å². The number of thiazole rings is 1. The van der Waals surface area contributed by atoms with Crippen LogP contribution < -0.4 is 4.90 Å². The fraction of sp³-hybridized carbons (Fsp3) is 0.100. The first-order valence-corrected chi connectivity index (χ1v) is 5.88. The molecule has 7 heteroatoms. The van der Waals surface area contributed by atoms with Gasteiger partial charge in [-0.1, -0.05) is 29.8 Å². The predicted octanol–water partition coefficient (Wildman–Crippen LogP) is 3.47. The molecule has 2 rings (SSSR count). The molecule has 1 aromatic heterocycles. The minimum absolute atomic E-state index is 0.0715. The molecule has 0 aliphatic rings. The summed E-state index contributed by atoms with van der Waals surface area (Å²) >= 11 is 6.66. The van der Waals surface area contributed by atoms with Crippen LogP contribution in [0.3, 0.4) is 0 Å². The second kappa shape index (κ2) is 4.68. The van der Waals surface area contributed by atoms with Crippen molar-refractivity contribution in [1.29, 1.82) is 0 Å². The number of hydrogen-bond acceptors (Lipinski definition) is 5. The van der Waals surface area contributed by atoms with Gasteiger partial charge in [-0.2, -0.15) is 0 Å². The Labute approximate surface area is 106 Å². The van der Waals surface area contributed by atoms with Gasteiger partial charge in [-0.25, -0.2) is 4.98 Å². The lowest BCUT2D eigenvalue weighted by Crippen LogP contribution is -2.08. The zero-order chi connectivity index (χ0) is 12.4. The SMILES string of the molecule is CN(c1ccccc1)c1nc(Cl)c([N+](=O)[O-])s1. The van der Waals surface area contributed by atoms with Crippen LogP contribution in [0.1, 0.15) is 0 Å². The quantitative estimate of drug-likeness (QED) is 0.632. The summed E-state index contributed by atoms with van der Waals surface area (Å²) in [5.41, 5.74) is 0.896. The van der Waals surface area contributed by atoms with E-state index in [1.807, 2.05) is 30.3 Å². The summed E-state index contributed by atoms with van der Waals surface area (Å²) in [7, 11) is 1.79. The highest BCUT2D eigenvalue weighted by atomic mass is 35.5. The maximum absolute atomic E-state index is 10.7. The molecule has 0 radical (unpaired) electrons. The molecule has 0 N–H and O–H groups in total. The van der Waals surface area contributed by atoms with Crippen molar-refractivity contribution in [3.05, 3.63) is 45.6 Å². The van der Waals surface area contributed by atoms with E-state index in [2.05, 4.69) is 4.98 Å². The van der Waals surface area contributed by atoms with Gasteiger partial charge < -0.3 is 4.90 Å². The molecule has 2 aromatic rings. The molecule has 1 aromatic carbocycles. The lowest BCUT2D eigenvalue weighted by molar-refractivity contribution is -0.380. The number of aromatic nitrogens is 1. The van der Waals surface area contributed by atoms with E-state index in [1.165, 1.54) is 0 Å². The van der Waals surface area contributed by atoms with Gasteiger partial charge in [0, 0.05) is 12.7 Å². The average molecular weight is 270 g/mol. The van der Waals surface area contributed by atoms with E-state index in [0.717, 1.165) is 17.0 Å². The van der Waals surface area contributed by atoms with Crippen molar-refractivity contribution in [3.8, 4) is 0 Å². The number of nitro groups is 1. The zero-order valence-electron chi connectivity index (χ0n) is 8.83. The van der Waals surface area contributed by atoms with Crippen LogP contribution in [0.4, 0.5) is 15.8 Å². The van der Waals surface area contributed by atoms with E-state index in [0.29, 0.717) is 5.13 Å². The number of hydrogen-bond donors (Lipinski definition) is 0. The van der Waals surface area contributed by atoms with E-state index in [-0.39, 0.29) is 10.2 Å². The second-order valence-electron chi connectivity index (χ2n) is 3.24. The average Bonchev–Trinajstić information content (AvgIpc) is 2.71. The van der Waals surface area contributed by atoms with Crippen molar-refractivity contribution in [2.75, 3.05) is 11.9 Å². The number of anilines is 2. The molecule has 0 saturated heterocycles. The number of halogens is 1. The number of para-hydroxylation sites is 1. The Bertz CT molecular complexity index is 544. The van der Waals surface area contributed by atoms with Crippen molar-refractivity contribution >= 4 is 38.8 Å². The second-order valence-corrected chi connectivity index (χ2v) is 4.56. The summed E-state index contributed by atoms with van der Waals surface area (Å²) < 4.78 is 0. The summed E-state index contributed by atoms with van der Waals surface area (Å²) in [6.45, 7) is 0. The third-order valence-corrected chi connectivity index (χ3v) is 3.61. The van der Waals surface area contributed by atoms with Crippen LogP contribution in [0.25, 0.3) is 0 Å². The fourth-order valence-electron chi connectivity index (χ4n) is 1.30. The lowest BCUT2D eigenvalue weighted by atomic mass is 10.3. The third kappa shape index (κ3) is 2.37. The molecular weight excluding hydrogens is 262 g/mol. The molecule has 88 valence electrons. The van der Waals surface area contributed by atoms with E-state index in [4.69, 9.17) is 11.6 Å². The topological polar surface area (TPSA) is 59.3 Å². The van der Waals surface area contributed by atoms with Crippen molar-refractivity contribution in [2.45, 2.75) is 0 Å². The molecule has 1 heterocycles. The predicted molar refractivity (Wildman–Crippen MR) is 68.3 cm³/mol. The molecular formula is C10H8ClN3O2S. The zero-order valence-corrected chi connectivity index (χ0v) is 10.4. The Morgan fingerprint density at radius 1 is 1.41 bits per heavy atom. The van der Waals surface area contributed by atoms with Crippen LogP contribution in [-0.2, 0) is 0 Å². The van der Waals surface area contributed by atoms with Crippen LogP contribution in [0, 0.1) is 10.1 Å². The van der Waals surface area contributed by atoms with Gasteiger partial charge >= 0.3 is 5.00 Å². The largest absolute Gasteiger partial charge is 0.364 e. The lowest BCUT2D eigenvalue weighted by Gasteiger charge is -2.14. The van der Waals surface area contributed by atoms with E-state index < -0.39 is 4.92 Å². The first-order chi connectivity index (χ1) is 8.09.